The lowest BCUT2D eigenvalue weighted by Crippen LogP contribution is -2.41. The van der Waals surface area contributed by atoms with Gasteiger partial charge in [-0.2, -0.15) is 5.10 Å². The van der Waals surface area contributed by atoms with E-state index >= 15 is 0 Å². The van der Waals surface area contributed by atoms with Crippen LogP contribution in [0, 0.1) is 5.41 Å². The molecule has 1 aliphatic carbocycles. The van der Waals surface area contributed by atoms with E-state index in [-0.39, 0.29) is 23.5 Å². The van der Waals surface area contributed by atoms with E-state index in [4.69, 9.17) is 14.6 Å². The van der Waals surface area contributed by atoms with E-state index in [2.05, 4.69) is 33.6 Å². The summed E-state index contributed by atoms with van der Waals surface area (Å²) < 4.78 is 16.4. The van der Waals surface area contributed by atoms with Crippen molar-refractivity contribution in [1.82, 2.24) is 28.8 Å². The summed E-state index contributed by atoms with van der Waals surface area (Å²) in [6.07, 6.45) is 5.28. The predicted molar refractivity (Wildman–Crippen MR) is 180 cm³/mol. The molecule has 0 unspecified atom stereocenters. The second-order valence-electron chi connectivity index (χ2n) is 13.8. The zero-order chi connectivity index (χ0) is 33.7. The normalized spacial score (nSPS) is 16.9. The lowest BCUT2D eigenvalue weighted by atomic mass is 9.90. The van der Waals surface area contributed by atoms with Crippen LogP contribution in [0.1, 0.15) is 53.8 Å². The Morgan fingerprint density at radius 1 is 1.08 bits per heavy atom. The van der Waals surface area contributed by atoms with Gasteiger partial charge in [0.2, 0.25) is 0 Å². The van der Waals surface area contributed by atoms with Gasteiger partial charge < -0.3 is 23.9 Å². The van der Waals surface area contributed by atoms with Gasteiger partial charge in [0, 0.05) is 89.1 Å². The second kappa shape index (κ2) is 12.4. The molecule has 0 bridgehead atoms. The smallest absolute Gasteiger partial charge is 0.302 e. The number of aromatic nitrogens is 5. The van der Waals surface area contributed by atoms with Crippen molar-refractivity contribution in [2.45, 2.75) is 59.9 Å². The van der Waals surface area contributed by atoms with Crippen LogP contribution < -0.4 is 15.8 Å². The first-order chi connectivity index (χ1) is 23.0. The Hall–Kier alpha value is -4.75. The van der Waals surface area contributed by atoms with E-state index in [9.17, 15) is 14.4 Å². The lowest BCUT2D eigenvalue weighted by Gasteiger charge is -2.31. The Morgan fingerprint density at radius 2 is 1.92 bits per heavy atom. The van der Waals surface area contributed by atoms with Gasteiger partial charge in [0.1, 0.15) is 23.8 Å². The number of amides is 1. The molecule has 1 N–H and O–H groups in total. The van der Waals surface area contributed by atoms with Crippen molar-refractivity contribution in [3.8, 4) is 11.1 Å². The van der Waals surface area contributed by atoms with Crippen molar-refractivity contribution < 1.29 is 19.1 Å². The van der Waals surface area contributed by atoms with Crippen LogP contribution >= 0.6 is 0 Å². The van der Waals surface area contributed by atoms with E-state index in [1.807, 2.05) is 22.9 Å². The first-order valence-electron chi connectivity index (χ1n) is 16.4. The third-order valence-corrected chi connectivity index (χ3v) is 9.58. The zero-order valence-corrected chi connectivity index (χ0v) is 28.2. The minimum Gasteiger partial charge on any atom is -0.461 e. The highest BCUT2D eigenvalue weighted by molar-refractivity contribution is 6.06. The summed E-state index contributed by atoms with van der Waals surface area (Å²) >= 11 is 0. The molecule has 0 saturated carbocycles. The van der Waals surface area contributed by atoms with Gasteiger partial charge in [-0.25, -0.2) is 4.98 Å². The summed E-state index contributed by atoms with van der Waals surface area (Å²) in [6.45, 7) is 10.7. The van der Waals surface area contributed by atoms with E-state index < -0.39 is 5.97 Å². The molecule has 0 atom stereocenters. The Bertz CT molecular complexity index is 1970. The SMILES string of the molecule is COCCN1CCn2nc(Nc3cc(-c4ccnc(N5CCn6c(cc7c6CC(C)(C)C7)C5=O)c4COC(C)=O)cn(C)c3=O)cc2C1. The summed E-state index contributed by atoms with van der Waals surface area (Å²) in [5, 5.41) is 7.97. The number of ether oxygens (including phenoxy) is 2. The van der Waals surface area contributed by atoms with Gasteiger partial charge in [-0.05, 0) is 47.6 Å². The number of esters is 1. The molecule has 4 aromatic heterocycles. The molecule has 3 aliphatic rings. The third kappa shape index (κ3) is 5.92. The van der Waals surface area contributed by atoms with Crippen LogP contribution in [0.2, 0.25) is 0 Å². The molecule has 4 aromatic rings. The van der Waals surface area contributed by atoms with E-state index in [1.165, 1.54) is 22.7 Å². The highest BCUT2D eigenvalue weighted by Crippen LogP contribution is 2.40. The molecule has 48 heavy (non-hydrogen) atoms. The molecular weight excluding hydrogens is 612 g/mol. The van der Waals surface area contributed by atoms with Gasteiger partial charge in [0.15, 0.2) is 5.82 Å². The van der Waals surface area contributed by atoms with Crippen molar-refractivity contribution in [3.05, 3.63) is 75.2 Å². The minimum absolute atomic E-state index is 0.0811. The summed E-state index contributed by atoms with van der Waals surface area (Å²) in [5.74, 6) is 0.450. The summed E-state index contributed by atoms with van der Waals surface area (Å²) in [4.78, 5) is 48.1. The highest BCUT2D eigenvalue weighted by Gasteiger charge is 2.37. The van der Waals surface area contributed by atoms with Gasteiger partial charge >= 0.3 is 5.97 Å². The maximum Gasteiger partial charge on any atom is 0.302 e. The van der Waals surface area contributed by atoms with Crippen LogP contribution in [0.4, 0.5) is 17.3 Å². The molecule has 6 heterocycles. The minimum atomic E-state index is -0.444. The van der Waals surface area contributed by atoms with Crippen molar-refractivity contribution >= 4 is 29.2 Å². The van der Waals surface area contributed by atoms with Crippen LogP contribution in [0.3, 0.4) is 0 Å². The number of nitrogens with one attached hydrogen (secondary N) is 1. The molecule has 1 amide bonds. The number of pyridine rings is 2. The van der Waals surface area contributed by atoms with Gasteiger partial charge in [0.05, 0.1) is 18.8 Å². The largest absolute Gasteiger partial charge is 0.461 e. The summed E-state index contributed by atoms with van der Waals surface area (Å²) in [6, 6.07) is 7.60. The van der Waals surface area contributed by atoms with E-state index in [1.54, 1.807) is 37.5 Å². The quantitative estimate of drug-likeness (QED) is 0.270. The highest BCUT2D eigenvalue weighted by atomic mass is 16.5. The van der Waals surface area contributed by atoms with E-state index in [0.717, 1.165) is 44.7 Å². The Labute approximate surface area is 279 Å². The fourth-order valence-electron chi connectivity index (χ4n) is 7.29. The molecule has 2 aliphatic heterocycles. The van der Waals surface area contributed by atoms with Crippen molar-refractivity contribution in [3.63, 3.8) is 0 Å². The molecule has 252 valence electrons. The number of carbonyl (C=O) groups excluding carboxylic acids is 2. The number of aryl methyl sites for hydroxylation is 1. The number of hydrogen-bond acceptors (Lipinski definition) is 9. The lowest BCUT2D eigenvalue weighted by molar-refractivity contribution is -0.142. The standard InChI is InChI=1S/C35H42N8O5/c1-22(44)48-21-27-26(6-7-36-32(27)42-10-9-41-29(34(42)46)15-23-17-35(2,3)18-30(23)41)24-14-28(33(45)39(4)19-24)37-31-16-25-20-40(12-13-47-5)8-11-43(25)38-31/h6-7,14-16,19H,8-13,17-18,20-21H2,1-5H3,(H,37,38). The zero-order valence-electron chi connectivity index (χ0n) is 28.2. The number of carbonyl (C=O) groups is 2. The summed E-state index contributed by atoms with van der Waals surface area (Å²) in [5.41, 5.74) is 6.51. The molecule has 0 spiro atoms. The van der Waals surface area contributed by atoms with Crippen LogP contribution in [0.25, 0.3) is 11.1 Å². The molecule has 0 aromatic carbocycles. The average Bonchev–Trinajstić information content (AvgIpc) is 3.70. The monoisotopic (exact) mass is 654 g/mol. The number of nitrogens with zero attached hydrogens (tertiary/aromatic N) is 7. The number of anilines is 3. The molecule has 0 fully saturated rings. The first-order valence-corrected chi connectivity index (χ1v) is 16.4. The number of methoxy groups -OCH3 is 1. The summed E-state index contributed by atoms with van der Waals surface area (Å²) in [7, 11) is 3.40. The first kappa shape index (κ1) is 31.8. The van der Waals surface area contributed by atoms with Crippen molar-refractivity contribution in [1.29, 1.82) is 0 Å². The molecule has 13 heteroatoms. The predicted octanol–water partition coefficient (Wildman–Crippen LogP) is 3.50. The molecular formula is C35H42N8O5. The maximum atomic E-state index is 14.0. The fourth-order valence-corrected chi connectivity index (χ4v) is 7.29. The van der Waals surface area contributed by atoms with Crippen LogP contribution in [0.15, 0.2) is 41.5 Å². The molecule has 0 saturated heterocycles. The van der Waals surface area contributed by atoms with Gasteiger partial charge in [-0.3, -0.25) is 28.9 Å². The number of rotatable bonds is 9. The molecule has 13 nitrogen and oxygen atoms in total. The second-order valence-corrected chi connectivity index (χ2v) is 13.8. The maximum absolute atomic E-state index is 14.0. The molecule has 7 rings (SSSR count). The van der Waals surface area contributed by atoms with Gasteiger partial charge in [-0.1, -0.05) is 13.8 Å². The molecule has 0 radical (unpaired) electrons. The van der Waals surface area contributed by atoms with Crippen molar-refractivity contribution in [2.24, 2.45) is 12.5 Å². The van der Waals surface area contributed by atoms with Crippen molar-refractivity contribution in [2.75, 3.05) is 43.6 Å². The fraction of sp³-hybridized carbons (Fsp3) is 0.457. The average molecular weight is 655 g/mol. The van der Waals surface area contributed by atoms with Crippen LogP contribution in [0.5, 0.6) is 0 Å². The van der Waals surface area contributed by atoms with E-state index in [0.29, 0.717) is 59.4 Å². The number of fused-ring (bicyclic) bond motifs is 4. The van der Waals surface area contributed by atoms with Crippen LogP contribution in [-0.2, 0) is 60.4 Å². The number of hydrogen-bond donors (Lipinski definition) is 1. The topological polar surface area (TPSA) is 129 Å². The van der Waals surface area contributed by atoms with Gasteiger partial charge in [-0.15, -0.1) is 0 Å². The van der Waals surface area contributed by atoms with Gasteiger partial charge in [0.25, 0.3) is 11.5 Å². The Morgan fingerprint density at radius 3 is 2.71 bits per heavy atom. The Kier molecular flexibility index (Phi) is 8.20. The third-order valence-electron chi connectivity index (χ3n) is 9.58. The Balaban J connectivity index is 1.22. The van der Waals surface area contributed by atoms with Crippen LogP contribution in [-0.4, -0.2) is 74.0 Å².